The number of hydrogen-bond acceptors (Lipinski definition) is 3. The largest absolute Gasteiger partial charge is 0.481 e. The van der Waals surface area contributed by atoms with Gasteiger partial charge in [-0.3, -0.25) is 9.59 Å². The molecule has 0 bridgehead atoms. The molecule has 3 atom stereocenters. The number of aryl methyl sites for hydroxylation is 1. The van der Waals surface area contributed by atoms with Gasteiger partial charge in [-0.05, 0) is 37.3 Å². The summed E-state index contributed by atoms with van der Waals surface area (Å²) in [4.78, 5) is 27.5. The maximum absolute atomic E-state index is 12.4. The number of carboxylic acid groups (broad SMARTS) is 1. The van der Waals surface area contributed by atoms with Gasteiger partial charge in [0.05, 0.1) is 17.5 Å². The number of carbonyl (C=O) groups excluding carboxylic acids is 1. The fraction of sp³-hybridized carbons (Fsp3) is 0.500. The average Bonchev–Trinajstić information content (AvgIpc) is 2.76. The van der Waals surface area contributed by atoms with Crippen LogP contribution in [0.1, 0.15) is 25.3 Å². The lowest BCUT2D eigenvalue weighted by molar-refractivity contribution is -0.145. The van der Waals surface area contributed by atoms with Crippen LogP contribution in [0.25, 0.3) is 0 Å². The summed E-state index contributed by atoms with van der Waals surface area (Å²) >= 11 is 11.8. The van der Waals surface area contributed by atoms with E-state index in [9.17, 15) is 14.7 Å². The van der Waals surface area contributed by atoms with Crippen LogP contribution >= 0.6 is 23.2 Å². The normalized spacial score (nSPS) is 24.9. The minimum atomic E-state index is -0.934. The Morgan fingerprint density at radius 3 is 2.52 bits per heavy atom. The van der Waals surface area contributed by atoms with Gasteiger partial charge in [-0.25, -0.2) is 4.98 Å². The molecule has 0 saturated heterocycles. The number of anilines is 1. The standard InChI is InChI=1S/C14H16Cl2N2O3/c1-6-3-8(9(4-6)14(20)21)13(19)18-11-7(2)5-10(15)17-12(11)16/h5-6,8-9H,3-4H2,1-2H3,(H,18,19)(H,20,21). The summed E-state index contributed by atoms with van der Waals surface area (Å²) in [6.07, 6.45) is 1.07. The fourth-order valence-corrected chi connectivity index (χ4v) is 3.39. The highest BCUT2D eigenvalue weighted by Crippen LogP contribution is 2.38. The van der Waals surface area contributed by atoms with Crippen molar-refractivity contribution in [1.29, 1.82) is 0 Å². The SMILES string of the molecule is Cc1cc(Cl)nc(Cl)c1NC(=O)C1CC(C)CC1C(=O)O. The number of aromatic nitrogens is 1. The van der Waals surface area contributed by atoms with Crippen LogP contribution in [0.2, 0.25) is 10.3 Å². The number of nitrogens with zero attached hydrogens (tertiary/aromatic N) is 1. The van der Waals surface area contributed by atoms with E-state index < -0.39 is 17.8 Å². The molecule has 21 heavy (non-hydrogen) atoms. The van der Waals surface area contributed by atoms with Gasteiger partial charge in [0.25, 0.3) is 0 Å². The number of carboxylic acids is 1. The van der Waals surface area contributed by atoms with Gasteiger partial charge in [0.15, 0.2) is 5.15 Å². The van der Waals surface area contributed by atoms with Crippen LogP contribution in [-0.4, -0.2) is 22.0 Å². The molecule has 114 valence electrons. The third kappa shape index (κ3) is 3.47. The lowest BCUT2D eigenvalue weighted by Gasteiger charge is -2.17. The van der Waals surface area contributed by atoms with Gasteiger partial charge in [-0.15, -0.1) is 0 Å². The number of hydrogen-bond donors (Lipinski definition) is 2. The van der Waals surface area contributed by atoms with Crippen LogP contribution in [0.15, 0.2) is 6.07 Å². The first-order chi connectivity index (χ1) is 9.79. The quantitative estimate of drug-likeness (QED) is 0.832. The molecule has 1 aliphatic carbocycles. The minimum absolute atomic E-state index is 0.103. The molecule has 1 heterocycles. The summed E-state index contributed by atoms with van der Waals surface area (Å²) in [5.41, 5.74) is 1.07. The maximum atomic E-state index is 12.4. The van der Waals surface area contributed by atoms with Crippen LogP contribution in [-0.2, 0) is 9.59 Å². The van der Waals surface area contributed by atoms with Gasteiger partial charge in [0, 0.05) is 0 Å². The first-order valence-corrected chi connectivity index (χ1v) is 7.41. The second kappa shape index (κ2) is 6.20. The lowest BCUT2D eigenvalue weighted by Crippen LogP contribution is -2.30. The van der Waals surface area contributed by atoms with E-state index in [-0.39, 0.29) is 22.1 Å². The van der Waals surface area contributed by atoms with Crippen LogP contribution in [0.3, 0.4) is 0 Å². The Morgan fingerprint density at radius 2 is 1.95 bits per heavy atom. The van der Waals surface area contributed by atoms with Crippen molar-refractivity contribution in [2.75, 3.05) is 5.32 Å². The van der Waals surface area contributed by atoms with E-state index in [4.69, 9.17) is 23.2 Å². The van der Waals surface area contributed by atoms with Crippen LogP contribution in [0.5, 0.6) is 0 Å². The fourth-order valence-electron chi connectivity index (χ4n) is 2.82. The molecule has 0 radical (unpaired) electrons. The molecule has 3 unspecified atom stereocenters. The Balaban J connectivity index is 2.20. The highest BCUT2D eigenvalue weighted by molar-refractivity contribution is 6.34. The molecular weight excluding hydrogens is 315 g/mol. The van der Waals surface area contributed by atoms with Crippen LogP contribution in [0, 0.1) is 24.7 Å². The number of nitrogens with one attached hydrogen (secondary N) is 1. The number of rotatable bonds is 3. The van der Waals surface area contributed by atoms with Crippen molar-refractivity contribution in [2.45, 2.75) is 26.7 Å². The van der Waals surface area contributed by atoms with Crippen LogP contribution < -0.4 is 5.32 Å². The maximum Gasteiger partial charge on any atom is 0.307 e. The molecule has 0 aromatic carbocycles. The van der Waals surface area contributed by atoms with Crippen molar-refractivity contribution < 1.29 is 14.7 Å². The van der Waals surface area contributed by atoms with Crippen molar-refractivity contribution in [2.24, 2.45) is 17.8 Å². The summed E-state index contributed by atoms with van der Waals surface area (Å²) in [6, 6.07) is 1.59. The molecule has 2 N–H and O–H groups in total. The number of aliphatic carboxylic acids is 1. The van der Waals surface area contributed by atoms with Gasteiger partial charge in [-0.2, -0.15) is 0 Å². The van der Waals surface area contributed by atoms with Gasteiger partial charge >= 0.3 is 5.97 Å². The summed E-state index contributed by atoms with van der Waals surface area (Å²) in [5.74, 6) is -2.26. The Kier molecular flexibility index (Phi) is 4.74. The predicted octanol–water partition coefficient (Wildman–Crippen LogP) is 3.38. The smallest absolute Gasteiger partial charge is 0.307 e. The van der Waals surface area contributed by atoms with E-state index in [1.54, 1.807) is 13.0 Å². The molecular formula is C14H16Cl2N2O3. The van der Waals surface area contributed by atoms with Gasteiger partial charge < -0.3 is 10.4 Å². The summed E-state index contributed by atoms with van der Waals surface area (Å²) in [7, 11) is 0. The summed E-state index contributed by atoms with van der Waals surface area (Å²) < 4.78 is 0. The highest BCUT2D eigenvalue weighted by atomic mass is 35.5. The van der Waals surface area contributed by atoms with E-state index in [0.29, 0.717) is 24.1 Å². The lowest BCUT2D eigenvalue weighted by atomic mass is 9.95. The van der Waals surface area contributed by atoms with Gasteiger partial charge in [0.1, 0.15) is 5.15 Å². The first-order valence-electron chi connectivity index (χ1n) is 6.66. The van der Waals surface area contributed by atoms with Crippen LogP contribution in [0.4, 0.5) is 5.69 Å². The minimum Gasteiger partial charge on any atom is -0.481 e. The van der Waals surface area contributed by atoms with Crippen molar-refractivity contribution in [3.05, 3.63) is 21.9 Å². The molecule has 1 aromatic heterocycles. The average molecular weight is 331 g/mol. The second-order valence-corrected chi connectivity index (χ2v) is 6.29. The van der Waals surface area contributed by atoms with Gasteiger partial charge in [0.2, 0.25) is 5.91 Å². The van der Waals surface area contributed by atoms with E-state index in [2.05, 4.69) is 10.3 Å². The van der Waals surface area contributed by atoms with E-state index in [0.717, 1.165) is 0 Å². The zero-order valence-electron chi connectivity index (χ0n) is 11.7. The molecule has 1 aliphatic rings. The third-order valence-electron chi connectivity index (χ3n) is 3.84. The summed E-state index contributed by atoms with van der Waals surface area (Å²) in [6.45, 7) is 3.70. The zero-order chi connectivity index (χ0) is 15.7. The Labute approximate surface area is 132 Å². The third-order valence-corrected chi connectivity index (χ3v) is 4.31. The second-order valence-electron chi connectivity index (χ2n) is 5.54. The molecule has 7 heteroatoms. The van der Waals surface area contributed by atoms with Crippen molar-refractivity contribution in [3.63, 3.8) is 0 Å². The molecule has 1 fully saturated rings. The molecule has 0 aliphatic heterocycles. The molecule has 5 nitrogen and oxygen atoms in total. The Bertz CT molecular complexity index is 569. The van der Waals surface area contributed by atoms with Crippen molar-refractivity contribution >= 4 is 40.8 Å². The topological polar surface area (TPSA) is 79.3 Å². The molecule has 1 amide bonds. The van der Waals surface area contributed by atoms with E-state index in [1.165, 1.54) is 0 Å². The predicted molar refractivity (Wildman–Crippen MR) is 80.6 cm³/mol. The zero-order valence-corrected chi connectivity index (χ0v) is 13.2. The highest BCUT2D eigenvalue weighted by Gasteiger charge is 2.41. The number of pyridine rings is 1. The monoisotopic (exact) mass is 330 g/mol. The van der Waals surface area contributed by atoms with Crippen molar-refractivity contribution in [1.82, 2.24) is 4.98 Å². The Morgan fingerprint density at radius 1 is 1.33 bits per heavy atom. The molecule has 1 saturated carbocycles. The summed E-state index contributed by atoms with van der Waals surface area (Å²) in [5, 5.41) is 12.3. The number of amides is 1. The Hall–Kier alpha value is -1.33. The van der Waals surface area contributed by atoms with Gasteiger partial charge in [-0.1, -0.05) is 30.1 Å². The van der Waals surface area contributed by atoms with Crippen molar-refractivity contribution in [3.8, 4) is 0 Å². The molecule has 0 spiro atoms. The molecule has 2 rings (SSSR count). The molecule has 1 aromatic rings. The number of halogens is 2. The first kappa shape index (κ1) is 16.0. The van der Waals surface area contributed by atoms with E-state index >= 15 is 0 Å². The van der Waals surface area contributed by atoms with E-state index in [1.807, 2.05) is 6.92 Å². The number of carbonyl (C=O) groups is 2.